The van der Waals surface area contributed by atoms with Crippen LogP contribution in [0.25, 0.3) is 0 Å². The van der Waals surface area contributed by atoms with Crippen molar-refractivity contribution in [3.05, 3.63) is 34.4 Å². The van der Waals surface area contributed by atoms with E-state index in [1.807, 2.05) is 4.90 Å². The van der Waals surface area contributed by atoms with Crippen molar-refractivity contribution >= 4 is 5.91 Å². The van der Waals surface area contributed by atoms with Gasteiger partial charge < -0.3 is 10.2 Å². The number of hydrogen-bond donors (Lipinski definition) is 1. The van der Waals surface area contributed by atoms with Crippen LogP contribution in [0.3, 0.4) is 0 Å². The van der Waals surface area contributed by atoms with Crippen molar-refractivity contribution in [2.45, 2.75) is 27.2 Å². The number of hydrogen-bond acceptors (Lipinski definition) is 2. The SMILES string of the molecule is Cc1ccc(CC(=O)N2CCNCC2)c(C)c1C. The third-order valence-electron chi connectivity index (χ3n) is 3.98. The van der Waals surface area contributed by atoms with Crippen molar-refractivity contribution in [2.75, 3.05) is 26.2 Å². The molecule has 3 heteroatoms. The fourth-order valence-electron chi connectivity index (χ4n) is 2.39. The molecule has 1 saturated heterocycles. The van der Waals surface area contributed by atoms with Crippen molar-refractivity contribution in [1.82, 2.24) is 10.2 Å². The van der Waals surface area contributed by atoms with Gasteiger partial charge in [0.25, 0.3) is 0 Å². The first-order valence-corrected chi connectivity index (χ1v) is 6.64. The van der Waals surface area contributed by atoms with E-state index in [1.54, 1.807) is 0 Å². The highest BCUT2D eigenvalue weighted by Gasteiger charge is 2.17. The molecular weight excluding hydrogens is 224 g/mol. The minimum absolute atomic E-state index is 0.253. The minimum Gasteiger partial charge on any atom is -0.340 e. The topological polar surface area (TPSA) is 32.3 Å². The summed E-state index contributed by atoms with van der Waals surface area (Å²) in [4.78, 5) is 14.2. The summed E-state index contributed by atoms with van der Waals surface area (Å²) in [6, 6.07) is 4.21. The summed E-state index contributed by atoms with van der Waals surface area (Å²) in [6.07, 6.45) is 0.535. The first kappa shape index (κ1) is 13.1. The molecule has 2 rings (SSSR count). The molecule has 1 amide bonds. The predicted octanol–water partition coefficient (Wildman–Crippen LogP) is 1.59. The molecule has 1 N–H and O–H groups in total. The Labute approximate surface area is 109 Å². The van der Waals surface area contributed by atoms with Gasteiger partial charge in [-0.15, -0.1) is 0 Å². The van der Waals surface area contributed by atoms with Gasteiger partial charge in [-0.1, -0.05) is 12.1 Å². The highest BCUT2D eigenvalue weighted by molar-refractivity contribution is 5.79. The number of carbonyl (C=O) groups excluding carboxylic acids is 1. The van der Waals surface area contributed by atoms with Crippen LogP contribution in [0.4, 0.5) is 0 Å². The zero-order valence-electron chi connectivity index (χ0n) is 11.5. The first-order chi connectivity index (χ1) is 8.59. The van der Waals surface area contributed by atoms with Gasteiger partial charge in [0, 0.05) is 26.2 Å². The van der Waals surface area contributed by atoms with E-state index in [9.17, 15) is 4.79 Å². The molecule has 0 atom stereocenters. The van der Waals surface area contributed by atoms with E-state index < -0.39 is 0 Å². The Kier molecular flexibility index (Phi) is 4.02. The molecule has 3 nitrogen and oxygen atoms in total. The molecule has 0 bridgehead atoms. The fourth-order valence-corrected chi connectivity index (χ4v) is 2.39. The number of benzene rings is 1. The molecule has 1 aromatic rings. The third-order valence-corrected chi connectivity index (χ3v) is 3.98. The van der Waals surface area contributed by atoms with E-state index in [2.05, 4.69) is 38.2 Å². The number of amides is 1. The van der Waals surface area contributed by atoms with Gasteiger partial charge in [0.2, 0.25) is 5.91 Å². The van der Waals surface area contributed by atoms with E-state index >= 15 is 0 Å². The molecule has 1 fully saturated rings. The van der Waals surface area contributed by atoms with Gasteiger partial charge >= 0.3 is 0 Å². The van der Waals surface area contributed by atoms with Gasteiger partial charge in [0.05, 0.1) is 6.42 Å². The van der Waals surface area contributed by atoms with Crippen LogP contribution >= 0.6 is 0 Å². The van der Waals surface area contributed by atoms with Crippen LogP contribution in [-0.4, -0.2) is 37.0 Å². The number of carbonyl (C=O) groups is 1. The van der Waals surface area contributed by atoms with Crippen molar-refractivity contribution in [2.24, 2.45) is 0 Å². The quantitative estimate of drug-likeness (QED) is 0.859. The number of piperazine rings is 1. The van der Waals surface area contributed by atoms with E-state index in [1.165, 1.54) is 22.3 Å². The van der Waals surface area contributed by atoms with Crippen LogP contribution in [0.2, 0.25) is 0 Å². The third kappa shape index (κ3) is 2.72. The van der Waals surface area contributed by atoms with Gasteiger partial charge in [0.1, 0.15) is 0 Å². The van der Waals surface area contributed by atoms with Crippen molar-refractivity contribution in [1.29, 1.82) is 0 Å². The summed E-state index contributed by atoms with van der Waals surface area (Å²) in [5.41, 5.74) is 5.03. The summed E-state index contributed by atoms with van der Waals surface area (Å²) in [5, 5.41) is 3.27. The molecule has 0 aliphatic carbocycles. The normalized spacial score (nSPS) is 15.8. The van der Waals surface area contributed by atoms with E-state index in [-0.39, 0.29) is 5.91 Å². The number of nitrogens with zero attached hydrogens (tertiary/aromatic N) is 1. The second-order valence-corrected chi connectivity index (χ2v) is 5.10. The lowest BCUT2D eigenvalue weighted by atomic mass is 9.96. The molecule has 18 heavy (non-hydrogen) atoms. The van der Waals surface area contributed by atoms with Gasteiger partial charge in [-0.3, -0.25) is 4.79 Å². The second-order valence-electron chi connectivity index (χ2n) is 5.10. The maximum absolute atomic E-state index is 12.2. The molecule has 0 saturated carbocycles. The molecule has 98 valence electrons. The number of aryl methyl sites for hydroxylation is 1. The largest absolute Gasteiger partial charge is 0.340 e. The van der Waals surface area contributed by atoms with Crippen LogP contribution in [0, 0.1) is 20.8 Å². The maximum atomic E-state index is 12.2. The summed E-state index contributed by atoms with van der Waals surface area (Å²) in [7, 11) is 0. The Hall–Kier alpha value is -1.35. The molecule has 0 spiro atoms. The first-order valence-electron chi connectivity index (χ1n) is 6.64. The lowest BCUT2D eigenvalue weighted by Gasteiger charge is -2.27. The zero-order valence-corrected chi connectivity index (χ0v) is 11.5. The second kappa shape index (κ2) is 5.53. The van der Waals surface area contributed by atoms with Gasteiger partial charge in [-0.25, -0.2) is 0 Å². The number of rotatable bonds is 2. The Balaban J connectivity index is 2.09. The average molecular weight is 246 g/mol. The lowest BCUT2D eigenvalue weighted by molar-refractivity contribution is -0.131. The maximum Gasteiger partial charge on any atom is 0.227 e. The Morgan fingerprint density at radius 2 is 1.83 bits per heavy atom. The van der Waals surface area contributed by atoms with Gasteiger partial charge in [-0.05, 0) is 43.0 Å². The van der Waals surface area contributed by atoms with E-state index in [0.717, 1.165) is 26.2 Å². The highest BCUT2D eigenvalue weighted by atomic mass is 16.2. The van der Waals surface area contributed by atoms with Crippen molar-refractivity contribution in [3.63, 3.8) is 0 Å². The summed E-state index contributed by atoms with van der Waals surface area (Å²) < 4.78 is 0. The van der Waals surface area contributed by atoms with Crippen LogP contribution in [0.1, 0.15) is 22.3 Å². The van der Waals surface area contributed by atoms with Crippen LogP contribution in [-0.2, 0) is 11.2 Å². The molecule has 1 aliphatic rings. The summed E-state index contributed by atoms with van der Waals surface area (Å²) in [5.74, 6) is 0.253. The summed E-state index contributed by atoms with van der Waals surface area (Å²) in [6.45, 7) is 9.86. The molecule has 1 aromatic carbocycles. The molecule has 0 radical (unpaired) electrons. The van der Waals surface area contributed by atoms with Crippen LogP contribution in [0.5, 0.6) is 0 Å². The average Bonchev–Trinajstić information content (AvgIpc) is 2.40. The Bertz CT molecular complexity index is 448. The Morgan fingerprint density at radius 3 is 2.50 bits per heavy atom. The van der Waals surface area contributed by atoms with Gasteiger partial charge in [-0.2, -0.15) is 0 Å². The molecule has 1 heterocycles. The molecule has 1 aliphatic heterocycles. The monoisotopic (exact) mass is 246 g/mol. The lowest BCUT2D eigenvalue weighted by Crippen LogP contribution is -2.47. The molecule has 0 unspecified atom stereocenters. The van der Waals surface area contributed by atoms with Crippen molar-refractivity contribution in [3.8, 4) is 0 Å². The minimum atomic E-state index is 0.253. The number of nitrogens with one attached hydrogen (secondary N) is 1. The standard InChI is InChI=1S/C15H22N2O/c1-11-4-5-14(13(3)12(11)2)10-15(18)17-8-6-16-7-9-17/h4-5,16H,6-10H2,1-3H3. The molecule has 0 aromatic heterocycles. The zero-order chi connectivity index (χ0) is 13.1. The summed E-state index contributed by atoms with van der Waals surface area (Å²) >= 11 is 0. The Morgan fingerprint density at radius 1 is 1.17 bits per heavy atom. The smallest absolute Gasteiger partial charge is 0.227 e. The van der Waals surface area contributed by atoms with Crippen LogP contribution < -0.4 is 5.32 Å². The molecular formula is C15H22N2O. The predicted molar refractivity (Wildman–Crippen MR) is 73.8 cm³/mol. The van der Waals surface area contributed by atoms with Gasteiger partial charge in [0.15, 0.2) is 0 Å². The van der Waals surface area contributed by atoms with Crippen LogP contribution in [0.15, 0.2) is 12.1 Å². The van der Waals surface area contributed by atoms with Crippen molar-refractivity contribution < 1.29 is 4.79 Å². The fraction of sp³-hybridized carbons (Fsp3) is 0.533. The van der Waals surface area contributed by atoms with E-state index in [4.69, 9.17) is 0 Å². The highest BCUT2D eigenvalue weighted by Crippen LogP contribution is 2.18. The van der Waals surface area contributed by atoms with E-state index in [0.29, 0.717) is 6.42 Å².